The molecule has 126 valence electrons. The molecule has 0 saturated carbocycles. The van der Waals surface area contributed by atoms with Crippen molar-refractivity contribution in [2.45, 2.75) is 19.3 Å². The number of rotatable bonds is 4. The second-order valence-corrected chi connectivity index (χ2v) is 6.67. The van der Waals surface area contributed by atoms with Gasteiger partial charge in [-0.2, -0.15) is 0 Å². The Hall–Kier alpha value is -2.28. The number of imide groups is 1. The predicted molar refractivity (Wildman–Crippen MR) is 91.5 cm³/mol. The average molecular weight is 346 g/mol. The van der Waals surface area contributed by atoms with Gasteiger partial charge in [0, 0.05) is 13.1 Å². The second-order valence-electron chi connectivity index (χ2n) is 5.65. The molecule has 2 aliphatic heterocycles. The van der Waals surface area contributed by atoms with Crippen molar-refractivity contribution in [1.29, 1.82) is 0 Å². The highest BCUT2D eigenvalue weighted by Crippen LogP contribution is 2.26. The van der Waals surface area contributed by atoms with E-state index in [1.165, 1.54) is 6.42 Å². The maximum Gasteiger partial charge on any atom is 0.290 e. The lowest BCUT2D eigenvalue weighted by atomic mass is 10.1. The number of hydrogen-bond donors (Lipinski definition) is 1. The van der Waals surface area contributed by atoms with Crippen molar-refractivity contribution in [3.63, 3.8) is 0 Å². The van der Waals surface area contributed by atoms with Crippen LogP contribution in [0.1, 0.15) is 24.8 Å². The molecular weight excluding hydrogens is 328 g/mol. The van der Waals surface area contributed by atoms with E-state index >= 15 is 0 Å². The SMILES string of the molecule is O=C1NC(=O)/C(=C/c2cccc(OCC(=O)N3CCCCC3)c2)S1. The van der Waals surface area contributed by atoms with Crippen LogP contribution < -0.4 is 10.1 Å². The number of benzene rings is 1. The quantitative estimate of drug-likeness (QED) is 0.847. The first kappa shape index (κ1) is 16.6. The molecule has 0 aliphatic carbocycles. The van der Waals surface area contributed by atoms with Gasteiger partial charge >= 0.3 is 0 Å². The van der Waals surface area contributed by atoms with Crippen LogP contribution in [-0.2, 0) is 9.59 Å². The van der Waals surface area contributed by atoms with Crippen molar-refractivity contribution in [1.82, 2.24) is 10.2 Å². The largest absolute Gasteiger partial charge is 0.484 e. The standard InChI is InChI=1S/C17H18N2O4S/c20-15(19-7-2-1-3-8-19)11-23-13-6-4-5-12(9-13)10-14-16(21)18-17(22)24-14/h4-6,9-10H,1-3,7-8,11H2,(H,18,21,22)/b14-10-. The van der Waals surface area contributed by atoms with E-state index < -0.39 is 5.91 Å². The van der Waals surface area contributed by atoms with Crippen molar-refractivity contribution >= 4 is 34.9 Å². The number of carbonyl (C=O) groups is 3. The van der Waals surface area contributed by atoms with Gasteiger partial charge in [-0.1, -0.05) is 12.1 Å². The zero-order valence-electron chi connectivity index (χ0n) is 13.1. The fraction of sp³-hybridized carbons (Fsp3) is 0.353. The minimum Gasteiger partial charge on any atom is -0.484 e. The van der Waals surface area contributed by atoms with Crippen LogP contribution in [0.25, 0.3) is 6.08 Å². The van der Waals surface area contributed by atoms with Crippen LogP contribution in [0.15, 0.2) is 29.2 Å². The maximum atomic E-state index is 12.1. The van der Waals surface area contributed by atoms with Gasteiger partial charge in [0.25, 0.3) is 17.1 Å². The van der Waals surface area contributed by atoms with E-state index in [0.29, 0.717) is 10.7 Å². The van der Waals surface area contributed by atoms with Gasteiger partial charge in [0.15, 0.2) is 6.61 Å². The van der Waals surface area contributed by atoms with Crippen molar-refractivity contribution < 1.29 is 19.1 Å². The summed E-state index contributed by atoms with van der Waals surface area (Å²) < 4.78 is 5.58. The Balaban J connectivity index is 1.61. The van der Waals surface area contributed by atoms with E-state index in [1.807, 2.05) is 11.0 Å². The maximum absolute atomic E-state index is 12.1. The molecule has 2 heterocycles. The Morgan fingerprint density at radius 2 is 2.04 bits per heavy atom. The highest BCUT2D eigenvalue weighted by molar-refractivity contribution is 8.18. The van der Waals surface area contributed by atoms with Crippen molar-refractivity contribution in [2.24, 2.45) is 0 Å². The van der Waals surface area contributed by atoms with Crippen LogP contribution in [-0.4, -0.2) is 41.6 Å². The van der Waals surface area contributed by atoms with E-state index in [4.69, 9.17) is 4.74 Å². The smallest absolute Gasteiger partial charge is 0.290 e. The van der Waals surface area contributed by atoms with Crippen LogP contribution in [0.3, 0.4) is 0 Å². The van der Waals surface area contributed by atoms with E-state index in [9.17, 15) is 14.4 Å². The van der Waals surface area contributed by atoms with Crippen LogP contribution >= 0.6 is 11.8 Å². The van der Waals surface area contributed by atoms with Crippen molar-refractivity contribution in [3.8, 4) is 5.75 Å². The van der Waals surface area contributed by atoms with Crippen LogP contribution in [0.5, 0.6) is 5.75 Å². The summed E-state index contributed by atoms with van der Waals surface area (Å²) in [6.45, 7) is 1.61. The summed E-state index contributed by atoms with van der Waals surface area (Å²) >= 11 is 0.871. The van der Waals surface area contributed by atoms with Crippen molar-refractivity contribution in [3.05, 3.63) is 34.7 Å². The Morgan fingerprint density at radius 3 is 2.75 bits per heavy atom. The average Bonchev–Trinajstić information content (AvgIpc) is 2.91. The zero-order valence-corrected chi connectivity index (χ0v) is 13.9. The summed E-state index contributed by atoms with van der Waals surface area (Å²) in [7, 11) is 0. The first-order valence-corrected chi connectivity index (χ1v) is 8.69. The first-order chi connectivity index (χ1) is 11.6. The minimum absolute atomic E-state index is 0.00483. The molecule has 0 atom stereocenters. The van der Waals surface area contributed by atoms with E-state index in [0.717, 1.165) is 43.3 Å². The molecule has 0 spiro atoms. The number of amides is 3. The number of hydrogen-bond acceptors (Lipinski definition) is 5. The summed E-state index contributed by atoms with van der Waals surface area (Å²) in [4.78, 5) is 37.0. The molecule has 1 N–H and O–H groups in total. The lowest BCUT2D eigenvalue weighted by Gasteiger charge is -2.26. The number of piperidine rings is 1. The molecule has 3 amide bonds. The summed E-state index contributed by atoms with van der Waals surface area (Å²) in [5.41, 5.74) is 0.741. The van der Waals surface area contributed by atoms with Gasteiger partial charge in [0.2, 0.25) is 0 Å². The van der Waals surface area contributed by atoms with Gasteiger partial charge in [0.1, 0.15) is 5.75 Å². The van der Waals surface area contributed by atoms with Crippen LogP contribution in [0.4, 0.5) is 4.79 Å². The fourth-order valence-electron chi connectivity index (χ4n) is 2.65. The van der Waals surface area contributed by atoms with E-state index in [-0.39, 0.29) is 17.8 Å². The van der Waals surface area contributed by atoms with Crippen LogP contribution in [0, 0.1) is 0 Å². The molecule has 0 aromatic heterocycles. The normalized spacial score (nSPS) is 19.5. The Morgan fingerprint density at radius 1 is 1.25 bits per heavy atom. The van der Waals surface area contributed by atoms with Gasteiger partial charge in [-0.05, 0) is 54.8 Å². The Labute approximate surface area is 144 Å². The van der Waals surface area contributed by atoms with Crippen molar-refractivity contribution in [2.75, 3.05) is 19.7 Å². The molecular formula is C17H18N2O4S. The predicted octanol–water partition coefficient (Wildman–Crippen LogP) is 2.40. The van der Waals surface area contributed by atoms with Gasteiger partial charge in [-0.15, -0.1) is 0 Å². The molecule has 2 saturated heterocycles. The van der Waals surface area contributed by atoms with Crippen LogP contribution in [0.2, 0.25) is 0 Å². The van der Waals surface area contributed by atoms with Gasteiger partial charge in [-0.25, -0.2) is 0 Å². The number of nitrogens with one attached hydrogen (secondary N) is 1. The number of likely N-dealkylation sites (tertiary alicyclic amines) is 1. The third-order valence-electron chi connectivity index (χ3n) is 3.87. The van der Waals surface area contributed by atoms with E-state index in [1.54, 1.807) is 24.3 Å². The number of ether oxygens (including phenoxy) is 1. The number of nitrogens with zero attached hydrogens (tertiary/aromatic N) is 1. The minimum atomic E-state index is -0.392. The molecule has 6 nitrogen and oxygen atoms in total. The van der Waals surface area contributed by atoms with E-state index in [2.05, 4.69) is 5.32 Å². The van der Waals surface area contributed by atoms with Gasteiger partial charge < -0.3 is 9.64 Å². The monoisotopic (exact) mass is 346 g/mol. The highest BCUT2D eigenvalue weighted by Gasteiger charge is 2.25. The molecule has 2 aliphatic rings. The Kier molecular flexibility index (Phi) is 5.20. The summed E-state index contributed by atoms with van der Waals surface area (Å²) in [5, 5.41) is 1.84. The molecule has 1 aromatic rings. The topological polar surface area (TPSA) is 75.7 Å². The molecule has 0 bridgehead atoms. The molecule has 24 heavy (non-hydrogen) atoms. The molecule has 0 radical (unpaired) electrons. The molecule has 0 unspecified atom stereocenters. The lowest BCUT2D eigenvalue weighted by Crippen LogP contribution is -2.38. The summed E-state index contributed by atoms with van der Waals surface area (Å²) in [6.07, 6.45) is 4.90. The zero-order chi connectivity index (χ0) is 16.9. The summed E-state index contributed by atoms with van der Waals surface area (Å²) in [5.74, 6) is 0.163. The van der Waals surface area contributed by atoms with Gasteiger partial charge in [0.05, 0.1) is 4.91 Å². The highest BCUT2D eigenvalue weighted by atomic mass is 32.2. The summed E-state index contributed by atoms with van der Waals surface area (Å²) in [6, 6.07) is 7.10. The Bertz CT molecular complexity index is 696. The molecule has 2 fully saturated rings. The second kappa shape index (κ2) is 7.53. The molecule has 1 aromatic carbocycles. The number of thioether (sulfide) groups is 1. The van der Waals surface area contributed by atoms with Gasteiger partial charge in [-0.3, -0.25) is 19.7 Å². The lowest BCUT2D eigenvalue weighted by molar-refractivity contribution is -0.134. The third kappa shape index (κ3) is 4.17. The number of carbonyl (C=O) groups excluding carboxylic acids is 3. The molecule has 7 heteroatoms. The molecule has 3 rings (SSSR count). The first-order valence-electron chi connectivity index (χ1n) is 7.87. The third-order valence-corrected chi connectivity index (χ3v) is 4.68. The fourth-order valence-corrected chi connectivity index (χ4v) is 3.33.